The molecule has 2 rings (SSSR count). The average Bonchev–Trinajstić information content (AvgIpc) is 2.28. The molecule has 0 atom stereocenters. The minimum Gasteiger partial charge on any atom is -0.497 e. The molecule has 0 bridgehead atoms. The Morgan fingerprint density at radius 2 is 1.88 bits per heavy atom. The van der Waals surface area contributed by atoms with Crippen LogP contribution < -0.4 is 4.74 Å². The van der Waals surface area contributed by atoms with E-state index < -0.39 is 0 Å². The van der Waals surface area contributed by atoms with Gasteiger partial charge in [-0.15, -0.1) is 0 Å². The number of methoxy groups -OCH3 is 1. The van der Waals surface area contributed by atoms with Crippen LogP contribution in [0, 0.1) is 0 Å². The van der Waals surface area contributed by atoms with Crippen LogP contribution in [0.15, 0.2) is 24.3 Å². The van der Waals surface area contributed by atoms with Gasteiger partial charge in [0.05, 0.1) is 13.5 Å². The van der Waals surface area contributed by atoms with Crippen LogP contribution in [0.3, 0.4) is 0 Å². The van der Waals surface area contributed by atoms with Gasteiger partial charge < -0.3 is 4.74 Å². The molecule has 1 saturated carbocycles. The number of hydrogen-bond donors (Lipinski definition) is 0. The number of carbonyl (C=O) groups is 2. The quantitative estimate of drug-likeness (QED) is 0.714. The van der Waals surface area contributed by atoms with Crippen LogP contribution in [-0.2, 0) is 9.59 Å². The third kappa shape index (κ3) is 2.30. The number of benzene rings is 1. The summed E-state index contributed by atoms with van der Waals surface area (Å²) < 4.78 is 5.13. The van der Waals surface area contributed by atoms with Gasteiger partial charge in [0.2, 0.25) is 0 Å². The molecule has 0 unspecified atom stereocenters. The monoisotopic (exact) mass is 218 g/mol. The van der Waals surface area contributed by atoms with Gasteiger partial charge >= 0.3 is 0 Å². The molecule has 1 aromatic carbocycles. The molecular formula is C13H14O3. The number of rotatable bonds is 2. The standard InChI is InChI=1S/C13H14O3/c1-16-13-4-2-3-9(7-13)10-5-11(14)8-12(15)6-10/h2-4,7,10H,5-6,8H2,1H3. The lowest BCUT2D eigenvalue weighted by Gasteiger charge is -2.20. The summed E-state index contributed by atoms with van der Waals surface area (Å²) >= 11 is 0. The van der Waals surface area contributed by atoms with Crippen LogP contribution in [0.1, 0.15) is 30.7 Å². The maximum absolute atomic E-state index is 11.4. The highest BCUT2D eigenvalue weighted by atomic mass is 16.5. The van der Waals surface area contributed by atoms with E-state index in [1.165, 1.54) is 0 Å². The zero-order chi connectivity index (χ0) is 11.5. The molecule has 3 nitrogen and oxygen atoms in total. The van der Waals surface area contributed by atoms with Gasteiger partial charge in [-0.05, 0) is 23.6 Å². The SMILES string of the molecule is COc1cccc(C2CC(=O)CC(=O)C2)c1. The van der Waals surface area contributed by atoms with E-state index in [0.717, 1.165) is 11.3 Å². The molecule has 0 aromatic heterocycles. The average molecular weight is 218 g/mol. The van der Waals surface area contributed by atoms with Gasteiger partial charge in [-0.1, -0.05) is 12.1 Å². The Labute approximate surface area is 94.4 Å². The fraction of sp³-hybridized carbons (Fsp3) is 0.385. The van der Waals surface area contributed by atoms with Gasteiger partial charge in [0, 0.05) is 12.8 Å². The fourth-order valence-corrected chi connectivity index (χ4v) is 2.12. The molecule has 1 aromatic rings. The summed E-state index contributed by atoms with van der Waals surface area (Å²) in [4.78, 5) is 22.7. The maximum atomic E-state index is 11.4. The number of ketones is 2. The van der Waals surface area contributed by atoms with Crippen LogP contribution in [0.2, 0.25) is 0 Å². The Bertz CT molecular complexity index is 407. The lowest BCUT2D eigenvalue weighted by molar-refractivity contribution is -0.130. The molecule has 3 heteroatoms. The fourth-order valence-electron chi connectivity index (χ4n) is 2.12. The first-order valence-corrected chi connectivity index (χ1v) is 5.36. The Morgan fingerprint density at radius 3 is 2.50 bits per heavy atom. The van der Waals surface area contributed by atoms with Gasteiger partial charge in [0.15, 0.2) is 0 Å². The van der Waals surface area contributed by atoms with Crippen molar-refractivity contribution in [1.82, 2.24) is 0 Å². The molecule has 0 spiro atoms. The van der Waals surface area contributed by atoms with E-state index in [1.807, 2.05) is 24.3 Å². The Morgan fingerprint density at radius 1 is 1.19 bits per heavy atom. The Hall–Kier alpha value is -1.64. The van der Waals surface area contributed by atoms with Crippen molar-refractivity contribution in [3.63, 3.8) is 0 Å². The summed E-state index contributed by atoms with van der Waals surface area (Å²) in [6.07, 6.45) is 1.05. The molecule has 0 radical (unpaired) electrons. The lowest BCUT2D eigenvalue weighted by atomic mass is 9.82. The van der Waals surface area contributed by atoms with Gasteiger partial charge in [-0.25, -0.2) is 0 Å². The summed E-state index contributed by atoms with van der Waals surface area (Å²) in [5.74, 6) is 0.889. The molecular weight excluding hydrogens is 204 g/mol. The molecule has 0 amide bonds. The smallest absolute Gasteiger partial charge is 0.140 e. The van der Waals surface area contributed by atoms with Gasteiger partial charge in [-0.2, -0.15) is 0 Å². The Kier molecular flexibility index (Phi) is 3.04. The summed E-state index contributed by atoms with van der Waals surface area (Å²) in [5, 5.41) is 0. The molecule has 1 aliphatic carbocycles. The van der Waals surface area contributed by atoms with Gasteiger partial charge in [0.25, 0.3) is 0 Å². The first kappa shape index (κ1) is 10.9. The van der Waals surface area contributed by atoms with E-state index in [9.17, 15) is 9.59 Å². The van der Waals surface area contributed by atoms with Crippen molar-refractivity contribution in [2.75, 3.05) is 7.11 Å². The molecule has 0 aliphatic heterocycles. The summed E-state index contributed by atoms with van der Waals surface area (Å²) in [5.41, 5.74) is 1.01. The van der Waals surface area contributed by atoms with E-state index in [1.54, 1.807) is 7.11 Å². The zero-order valence-corrected chi connectivity index (χ0v) is 9.23. The predicted molar refractivity (Wildman–Crippen MR) is 59.6 cm³/mol. The zero-order valence-electron chi connectivity index (χ0n) is 9.23. The second-order valence-electron chi connectivity index (χ2n) is 4.14. The molecule has 84 valence electrons. The van der Waals surface area contributed by atoms with Crippen LogP contribution in [0.5, 0.6) is 5.75 Å². The molecule has 0 heterocycles. The minimum absolute atomic E-state index is 0.0313. The van der Waals surface area contributed by atoms with E-state index >= 15 is 0 Å². The topological polar surface area (TPSA) is 43.4 Å². The highest BCUT2D eigenvalue weighted by Crippen LogP contribution is 2.30. The van der Waals surface area contributed by atoms with Crippen LogP contribution >= 0.6 is 0 Å². The van der Waals surface area contributed by atoms with E-state index in [0.29, 0.717) is 12.8 Å². The van der Waals surface area contributed by atoms with E-state index in [4.69, 9.17) is 4.74 Å². The van der Waals surface area contributed by atoms with Crippen molar-refractivity contribution in [2.24, 2.45) is 0 Å². The largest absolute Gasteiger partial charge is 0.497 e. The normalized spacial score (nSPS) is 17.6. The van der Waals surface area contributed by atoms with Crippen molar-refractivity contribution >= 4 is 11.6 Å². The number of carbonyl (C=O) groups excluding carboxylic acids is 2. The molecule has 1 aliphatic rings. The van der Waals surface area contributed by atoms with Gasteiger partial charge in [-0.3, -0.25) is 9.59 Å². The van der Waals surface area contributed by atoms with Crippen molar-refractivity contribution in [3.8, 4) is 5.75 Å². The van der Waals surface area contributed by atoms with Crippen molar-refractivity contribution < 1.29 is 14.3 Å². The van der Waals surface area contributed by atoms with Crippen LogP contribution in [-0.4, -0.2) is 18.7 Å². The van der Waals surface area contributed by atoms with Crippen LogP contribution in [0.4, 0.5) is 0 Å². The summed E-state index contributed by atoms with van der Waals surface area (Å²) in [7, 11) is 1.61. The first-order chi connectivity index (χ1) is 7.69. The second-order valence-corrected chi connectivity index (χ2v) is 4.14. The Balaban J connectivity index is 2.22. The van der Waals surface area contributed by atoms with Crippen molar-refractivity contribution in [1.29, 1.82) is 0 Å². The van der Waals surface area contributed by atoms with Crippen LogP contribution in [0.25, 0.3) is 0 Å². The predicted octanol–water partition coefficient (Wildman–Crippen LogP) is 2.10. The highest BCUT2D eigenvalue weighted by Gasteiger charge is 2.26. The third-order valence-electron chi connectivity index (χ3n) is 2.91. The number of Topliss-reactive ketones (excluding diaryl/α,β-unsaturated/α-hetero) is 2. The summed E-state index contributed by atoms with van der Waals surface area (Å²) in [6, 6.07) is 7.59. The summed E-state index contributed by atoms with van der Waals surface area (Å²) in [6.45, 7) is 0. The molecule has 0 N–H and O–H groups in total. The lowest BCUT2D eigenvalue weighted by Crippen LogP contribution is -2.21. The maximum Gasteiger partial charge on any atom is 0.140 e. The van der Waals surface area contributed by atoms with E-state index in [-0.39, 0.29) is 23.9 Å². The number of ether oxygens (including phenoxy) is 1. The van der Waals surface area contributed by atoms with Crippen molar-refractivity contribution in [3.05, 3.63) is 29.8 Å². The number of hydrogen-bond acceptors (Lipinski definition) is 3. The minimum atomic E-state index is 0.0313. The van der Waals surface area contributed by atoms with Gasteiger partial charge in [0.1, 0.15) is 17.3 Å². The molecule has 16 heavy (non-hydrogen) atoms. The molecule has 0 saturated heterocycles. The molecule has 1 fully saturated rings. The third-order valence-corrected chi connectivity index (χ3v) is 2.91. The highest BCUT2D eigenvalue weighted by molar-refractivity contribution is 6.02. The van der Waals surface area contributed by atoms with Crippen molar-refractivity contribution in [2.45, 2.75) is 25.2 Å². The van der Waals surface area contributed by atoms with E-state index in [2.05, 4.69) is 0 Å². The first-order valence-electron chi connectivity index (χ1n) is 5.36. The second kappa shape index (κ2) is 4.47.